The average Bonchev–Trinajstić information content (AvgIpc) is 2.56. The summed E-state index contributed by atoms with van der Waals surface area (Å²) in [6, 6.07) is 7.81. The van der Waals surface area contributed by atoms with Gasteiger partial charge in [-0.15, -0.1) is 0 Å². The Bertz CT molecular complexity index is 911. The van der Waals surface area contributed by atoms with Crippen LogP contribution in [0.2, 0.25) is 5.02 Å². The number of hydrogen-bond acceptors (Lipinski definition) is 4. The smallest absolute Gasteiger partial charge is 0.416 e. The summed E-state index contributed by atoms with van der Waals surface area (Å²) in [4.78, 5) is 12.1. The first-order chi connectivity index (χ1) is 12.1. The zero-order valence-electron chi connectivity index (χ0n) is 12.8. The molecule has 0 aliphatic heterocycles. The van der Waals surface area contributed by atoms with E-state index in [-0.39, 0.29) is 16.3 Å². The van der Waals surface area contributed by atoms with Crippen LogP contribution < -0.4 is 5.32 Å². The van der Waals surface area contributed by atoms with Crippen LogP contribution in [0.15, 0.2) is 42.0 Å². The molecular formula is C17H10ClF3N2O3. The highest BCUT2D eigenvalue weighted by atomic mass is 35.5. The lowest BCUT2D eigenvalue weighted by Gasteiger charge is -2.09. The van der Waals surface area contributed by atoms with Crippen molar-refractivity contribution < 1.29 is 28.2 Å². The molecule has 0 spiro atoms. The lowest BCUT2D eigenvalue weighted by molar-refractivity contribution is -0.137. The van der Waals surface area contributed by atoms with Gasteiger partial charge in [0, 0.05) is 5.69 Å². The Morgan fingerprint density at radius 2 is 1.92 bits per heavy atom. The second-order valence-electron chi connectivity index (χ2n) is 5.07. The number of halogens is 4. The summed E-state index contributed by atoms with van der Waals surface area (Å²) < 4.78 is 38.1. The van der Waals surface area contributed by atoms with Gasteiger partial charge in [-0.1, -0.05) is 17.7 Å². The second kappa shape index (κ2) is 7.37. The summed E-state index contributed by atoms with van der Waals surface area (Å²) in [7, 11) is 0. The molecule has 0 aliphatic carbocycles. The van der Waals surface area contributed by atoms with Crippen LogP contribution in [-0.4, -0.2) is 16.1 Å². The zero-order valence-corrected chi connectivity index (χ0v) is 13.6. The van der Waals surface area contributed by atoms with Gasteiger partial charge in [-0.3, -0.25) is 4.79 Å². The number of phenolic OH excluding ortho intramolecular Hbond substituents is 2. The van der Waals surface area contributed by atoms with Gasteiger partial charge < -0.3 is 15.5 Å². The Hall–Kier alpha value is -3.18. The van der Waals surface area contributed by atoms with Gasteiger partial charge in [-0.05, 0) is 42.0 Å². The first kappa shape index (κ1) is 19.1. The maximum atomic E-state index is 12.7. The second-order valence-corrected chi connectivity index (χ2v) is 5.48. The number of hydrogen-bond donors (Lipinski definition) is 3. The number of alkyl halides is 3. The molecule has 9 heteroatoms. The number of nitriles is 1. The van der Waals surface area contributed by atoms with Crippen molar-refractivity contribution in [3.05, 3.63) is 58.1 Å². The predicted octanol–water partition coefficient (Wildman–Crippen LogP) is 4.32. The van der Waals surface area contributed by atoms with Crippen LogP contribution in [0, 0.1) is 11.3 Å². The number of anilines is 1. The molecule has 1 amide bonds. The Morgan fingerprint density at radius 3 is 2.50 bits per heavy atom. The fourth-order valence-electron chi connectivity index (χ4n) is 1.98. The Morgan fingerprint density at radius 1 is 1.23 bits per heavy atom. The van der Waals surface area contributed by atoms with Crippen molar-refractivity contribution in [3.8, 4) is 17.6 Å². The maximum Gasteiger partial charge on any atom is 0.416 e. The third-order valence-electron chi connectivity index (χ3n) is 3.19. The van der Waals surface area contributed by atoms with Gasteiger partial charge in [0.15, 0.2) is 11.5 Å². The topological polar surface area (TPSA) is 93.3 Å². The zero-order chi connectivity index (χ0) is 19.5. The predicted molar refractivity (Wildman–Crippen MR) is 88.4 cm³/mol. The van der Waals surface area contributed by atoms with Gasteiger partial charge >= 0.3 is 6.18 Å². The summed E-state index contributed by atoms with van der Waals surface area (Å²) in [5.74, 6) is -2.06. The molecule has 0 heterocycles. The lowest BCUT2D eigenvalue weighted by Crippen LogP contribution is -2.14. The molecule has 0 atom stereocenters. The van der Waals surface area contributed by atoms with Crippen molar-refractivity contribution in [2.75, 3.05) is 5.32 Å². The summed E-state index contributed by atoms with van der Waals surface area (Å²) in [6.07, 6.45) is -3.51. The molecule has 5 nitrogen and oxygen atoms in total. The molecule has 2 aromatic carbocycles. The summed E-state index contributed by atoms with van der Waals surface area (Å²) in [6.45, 7) is 0. The van der Waals surface area contributed by atoms with Gasteiger partial charge in [-0.2, -0.15) is 18.4 Å². The first-order valence-corrected chi connectivity index (χ1v) is 7.31. The number of aromatic hydroxyl groups is 2. The molecule has 0 radical (unpaired) electrons. The first-order valence-electron chi connectivity index (χ1n) is 6.93. The van der Waals surface area contributed by atoms with Crippen LogP contribution in [0.4, 0.5) is 18.9 Å². The minimum atomic E-state index is -4.57. The van der Waals surface area contributed by atoms with E-state index in [2.05, 4.69) is 5.32 Å². The minimum Gasteiger partial charge on any atom is -0.504 e. The van der Waals surface area contributed by atoms with Crippen LogP contribution in [0.5, 0.6) is 11.5 Å². The van der Waals surface area contributed by atoms with Gasteiger partial charge in [0.05, 0.1) is 10.6 Å². The average molecular weight is 383 g/mol. The SMILES string of the molecule is N#C/C(=C\c1cc(O)c(O)c(Cl)c1)C(=O)Nc1cccc(C(F)(F)F)c1. The van der Waals surface area contributed by atoms with E-state index in [9.17, 15) is 28.2 Å². The molecule has 134 valence electrons. The van der Waals surface area contributed by atoms with Crippen molar-refractivity contribution in [1.82, 2.24) is 0 Å². The van der Waals surface area contributed by atoms with Gasteiger partial charge in [0.2, 0.25) is 0 Å². The Labute approximate surface area is 150 Å². The number of carbonyl (C=O) groups is 1. The molecule has 0 saturated heterocycles. The number of amides is 1. The number of rotatable bonds is 3. The number of phenols is 2. The monoisotopic (exact) mass is 382 g/mol. The highest BCUT2D eigenvalue weighted by Gasteiger charge is 2.30. The molecule has 26 heavy (non-hydrogen) atoms. The van der Waals surface area contributed by atoms with E-state index in [0.29, 0.717) is 0 Å². The maximum absolute atomic E-state index is 12.7. The minimum absolute atomic E-state index is 0.140. The third kappa shape index (κ3) is 4.46. The van der Waals surface area contributed by atoms with Crippen LogP contribution in [-0.2, 0) is 11.0 Å². The lowest BCUT2D eigenvalue weighted by atomic mass is 10.1. The van der Waals surface area contributed by atoms with E-state index in [1.165, 1.54) is 12.1 Å². The number of benzene rings is 2. The number of nitrogens with zero attached hydrogens (tertiary/aromatic N) is 1. The highest BCUT2D eigenvalue weighted by Crippen LogP contribution is 2.35. The molecule has 3 N–H and O–H groups in total. The van der Waals surface area contributed by atoms with Crippen LogP contribution in [0.1, 0.15) is 11.1 Å². The summed E-state index contributed by atoms with van der Waals surface area (Å²) >= 11 is 5.69. The molecule has 0 bridgehead atoms. The van der Waals surface area contributed by atoms with E-state index in [4.69, 9.17) is 16.9 Å². The quantitative estimate of drug-likeness (QED) is 0.419. The Kier molecular flexibility index (Phi) is 5.43. The van der Waals surface area contributed by atoms with Crippen LogP contribution >= 0.6 is 11.6 Å². The standard InChI is InChI=1S/C17H10ClF3N2O3/c18-13-5-9(6-14(24)15(13)25)4-10(8-22)16(26)23-12-3-1-2-11(7-12)17(19,20)21/h1-7,24-25H,(H,23,26)/b10-4+. The van der Waals surface area contributed by atoms with Gasteiger partial charge in [-0.25, -0.2) is 0 Å². The fourth-order valence-corrected chi connectivity index (χ4v) is 2.20. The van der Waals surface area contributed by atoms with Crippen molar-refractivity contribution in [3.63, 3.8) is 0 Å². The van der Waals surface area contributed by atoms with Crippen molar-refractivity contribution >= 4 is 29.3 Å². The van der Waals surface area contributed by atoms with Gasteiger partial charge in [0.25, 0.3) is 5.91 Å². The van der Waals surface area contributed by atoms with E-state index in [1.807, 2.05) is 0 Å². The van der Waals surface area contributed by atoms with Crippen molar-refractivity contribution in [1.29, 1.82) is 5.26 Å². The van der Waals surface area contributed by atoms with Crippen molar-refractivity contribution in [2.45, 2.75) is 6.18 Å². The van der Waals surface area contributed by atoms with Crippen LogP contribution in [0.3, 0.4) is 0 Å². The highest BCUT2D eigenvalue weighted by molar-refractivity contribution is 6.32. The summed E-state index contributed by atoms with van der Waals surface area (Å²) in [5, 5.41) is 30.0. The normalized spacial score (nSPS) is 11.7. The molecule has 2 rings (SSSR count). The molecule has 2 aromatic rings. The van der Waals surface area contributed by atoms with E-state index in [1.54, 1.807) is 6.07 Å². The molecule has 0 fully saturated rings. The van der Waals surface area contributed by atoms with Crippen LogP contribution in [0.25, 0.3) is 6.08 Å². The largest absolute Gasteiger partial charge is 0.504 e. The molecular weight excluding hydrogens is 373 g/mol. The molecule has 0 aromatic heterocycles. The number of carbonyl (C=O) groups excluding carboxylic acids is 1. The Balaban J connectivity index is 2.29. The molecule has 0 saturated carbocycles. The van der Waals surface area contributed by atoms with Gasteiger partial charge in [0.1, 0.15) is 11.6 Å². The number of nitrogens with one attached hydrogen (secondary N) is 1. The van der Waals surface area contributed by atoms with E-state index in [0.717, 1.165) is 30.3 Å². The summed E-state index contributed by atoms with van der Waals surface area (Å²) in [5.41, 5.74) is -1.39. The molecule has 0 unspecified atom stereocenters. The van der Waals surface area contributed by atoms with E-state index < -0.39 is 34.7 Å². The molecule has 0 aliphatic rings. The third-order valence-corrected chi connectivity index (χ3v) is 3.48. The fraction of sp³-hybridized carbons (Fsp3) is 0.0588. The van der Waals surface area contributed by atoms with E-state index >= 15 is 0 Å². The van der Waals surface area contributed by atoms with Crippen molar-refractivity contribution in [2.24, 2.45) is 0 Å².